The van der Waals surface area contributed by atoms with E-state index in [9.17, 15) is 9.59 Å². The molecule has 4 nitrogen and oxygen atoms in total. The lowest BCUT2D eigenvalue weighted by atomic mass is 10.1. The molecule has 0 saturated heterocycles. The topological polar surface area (TPSA) is 49.4 Å². The molecule has 2 heterocycles. The van der Waals surface area contributed by atoms with E-state index in [0.29, 0.717) is 33.6 Å². The van der Waals surface area contributed by atoms with Crippen LogP contribution in [0.3, 0.4) is 0 Å². The average Bonchev–Trinajstić information content (AvgIpc) is 3.33. The summed E-state index contributed by atoms with van der Waals surface area (Å²) >= 11 is 8.80. The second-order valence-corrected chi connectivity index (χ2v) is 8.44. The van der Waals surface area contributed by atoms with Crippen molar-refractivity contribution >= 4 is 51.8 Å². The molecule has 0 spiro atoms. The number of nitrogens with one attached hydrogen (secondary N) is 1. The predicted octanol–water partition coefficient (Wildman–Crippen LogP) is 5.54. The number of anilines is 1. The van der Waals surface area contributed by atoms with Gasteiger partial charge in [-0.1, -0.05) is 29.8 Å². The third kappa shape index (κ3) is 5.07. The number of nitrogens with zero attached hydrogens (tertiary/aromatic N) is 1. The summed E-state index contributed by atoms with van der Waals surface area (Å²) in [5.41, 5.74) is 1.08. The maximum atomic E-state index is 13.0. The third-order valence-corrected chi connectivity index (χ3v) is 5.81. The van der Waals surface area contributed by atoms with Gasteiger partial charge in [0.25, 0.3) is 11.8 Å². The quantitative estimate of drug-likeness (QED) is 0.514. The van der Waals surface area contributed by atoms with E-state index in [-0.39, 0.29) is 11.8 Å². The lowest BCUT2D eigenvalue weighted by Crippen LogP contribution is -2.30. The molecule has 0 radical (unpaired) electrons. The maximum absolute atomic E-state index is 13.0. The van der Waals surface area contributed by atoms with Crippen molar-refractivity contribution in [2.24, 2.45) is 0 Å². The smallest absolute Gasteiger partial charge is 0.265 e. The summed E-state index contributed by atoms with van der Waals surface area (Å²) in [6.07, 6.45) is 1.69. The Morgan fingerprint density at radius 2 is 2.04 bits per heavy atom. The van der Waals surface area contributed by atoms with Gasteiger partial charge in [-0.15, -0.1) is 29.3 Å². The van der Waals surface area contributed by atoms with Gasteiger partial charge in [-0.05, 0) is 41.8 Å². The number of hydrogen-bond acceptors (Lipinski definition) is 4. The van der Waals surface area contributed by atoms with Gasteiger partial charge in [0.05, 0.1) is 15.8 Å². The summed E-state index contributed by atoms with van der Waals surface area (Å²) < 4.78 is 0.689. The van der Waals surface area contributed by atoms with Crippen molar-refractivity contribution in [3.63, 3.8) is 0 Å². The van der Waals surface area contributed by atoms with Crippen LogP contribution in [0.1, 0.15) is 24.9 Å². The van der Waals surface area contributed by atoms with Crippen molar-refractivity contribution in [2.75, 3.05) is 11.9 Å². The second kappa shape index (κ2) is 8.99. The number of amides is 2. The molecule has 2 aromatic heterocycles. The van der Waals surface area contributed by atoms with Crippen LogP contribution in [0.4, 0.5) is 5.69 Å². The number of carbonyl (C=O) groups excluding carboxylic acids is 2. The Morgan fingerprint density at radius 3 is 2.70 bits per heavy atom. The first kappa shape index (κ1) is 19.4. The first-order valence-electron chi connectivity index (χ1n) is 8.16. The minimum atomic E-state index is -0.189. The highest BCUT2D eigenvalue weighted by Gasteiger charge is 2.17. The van der Waals surface area contributed by atoms with E-state index in [2.05, 4.69) is 11.9 Å². The third-order valence-electron chi connectivity index (χ3n) is 3.72. The number of thiophene rings is 2. The van der Waals surface area contributed by atoms with Gasteiger partial charge in [-0.2, -0.15) is 0 Å². The van der Waals surface area contributed by atoms with Crippen LogP contribution in [0.2, 0.25) is 4.34 Å². The molecule has 7 heteroatoms. The standard InChI is InChI=1S/C20H17ClN2O2S2/c1-2-10-23(13-16-8-9-18(21)27-16)20(25)14-5-3-6-15(12-14)22-19(24)17-7-4-11-26-17/h2-9,11-12H,1,10,13H2,(H,22,24). The van der Waals surface area contributed by atoms with E-state index in [4.69, 9.17) is 11.6 Å². The first-order chi connectivity index (χ1) is 13.1. The van der Waals surface area contributed by atoms with Gasteiger partial charge in [-0.25, -0.2) is 0 Å². The van der Waals surface area contributed by atoms with Crippen LogP contribution in [-0.2, 0) is 6.54 Å². The molecular weight excluding hydrogens is 400 g/mol. The van der Waals surface area contributed by atoms with Crippen LogP contribution in [0.5, 0.6) is 0 Å². The van der Waals surface area contributed by atoms with Gasteiger partial charge < -0.3 is 10.2 Å². The molecule has 0 aliphatic heterocycles. The van der Waals surface area contributed by atoms with Crippen LogP contribution < -0.4 is 5.32 Å². The molecule has 0 aliphatic rings. The van der Waals surface area contributed by atoms with Crippen LogP contribution in [0.15, 0.2) is 66.6 Å². The fraction of sp³-hybridized carbons (Fsp3) is 0.100. The van der Waals surface area contributed by atoms with Crippen molar-refractivity contribution in [3.05, 3.63) is 86.2 Å². The maximum Gasteiger partial charge on any atom is 0.265 e. The summed E-state index contributed by atoms with van der Waals surface area (Å²) in [5, 5.41) is 4.67. The summed E-state index contributed by atoms with van der Waals surface area (Å²) in [5.74, 6) is -0.322. The number of benzene rings is 1. The lowest BCUT2D eigenvalue weighted by molar-refractivity contribution is 0.0764. The van der Waals surface area contributed by atoms with Crippen molar-refractivity contribution < 1.29 is 9.59 Å². The molecular formula is C20H17ClN2O2S2. The lowest BCUT2D eigenvalue weighted by Gasteiger charge is -2.21. The Labute approximate surface area is 170 Å². The zero-order chi connectivity index (χ0) is 19.2. The largest absolute Gasteiger partial charge is 0.330 e. The molecule has 1 aromatic carbocycles. The molecule has 138 valence electrons. The van der Waals surface area contributed by atoms with Gasteiger partial charge in [0.1, 0.15) is 0 Å². The molecule has 0 bridgehead atoms. The van der Waals surface area contributed by atoms with Crippen molar-refractivity contribution in [2.45, 2.75) is 6.54 Å². The first-order valence-corrected chi connectivity index (χ1v) is 10.2. The van der Waals surface area contributed by atoms with Crippen LogP contribution >= 0.6 is 34.3 Å². The summed E-state index contributed by atoms with van der Waals surface area (Å²) in [6, 6.07) is 14.2. The normalized spacial score (nSPS) is 10.4. The second-order valence-electron chi connectivity index (χ2n) is 5.69. The van der Waals surface area contributed by atoms with Gasteiger partial charge in [0, 0.05) is 22.7 Å². The molecule has 0 saturated carbocycles. The van der Waals surface area contributed by atoms with Crippen LogP contribution in [0, 0.1) is 0 Å². The number of hydrogen-bond donors (Lipinski definition) is 1. The van der Waals surface area contributed by atoms with E-state index in [1.807, 2.05) is 23.6 Å². The van der Waals surface area contributed by atoms with Crippen LogP contribution in [0.25, 0.3) is 0 Å². The fourth-order valence-electron chi connectivity index (χ4n) is 2.51. The molecule has 3 aromatic rings. The Morgan fingerprint density at radius 1 is 1.19 bits per heavy atom. The molecule has 3 rings (SSSR count). The van der Waals surface area contributed by atoms with E-state index < -0.39 is 0 Å². The van der Waals surface area contributed by atoms with Crippen molar-refractivity contribution in [1.82, 2.24) is 4.90 Å². The molecule has 27 heavy (non-hydrogen) atoms. The SMILES string of the molecule is C=CCN(Cc1ccc(Cl)s1)C(=O)c1cccc(NC(=O)c2cccs2)c1. The molecule has 0 unspecified atom stereocenters. The number of halogens is 1. The van der Waals surface area contributed by atoms with E-state index >= 15 is 0 Å². The summed E-state index contributed by atoms with van der Waals surface area (Å²) in [6.45, 7) is 4.61. The molecule has 1 N–H and O–H groups in total. The number of carbonyl (C=O) groups is 2. The molecule has 2 amide bonds. The highest BCUT2D eigenvalue weighted by atomic mass is 35.5. The highest BCUT2D eigenvalue weighted by molar-refractivity contribution is 7.16. The minimum absolute atomic E-state index is 0.133. The summed E-state index contributed by atoms with van der Waals surface area (Å²) in [4.78, 5) is 28.5. The Hall–Kier alpha value is -2.41. The van der Waals surface area contributed by atoms with Crippen molar-refractivity contribution in [3.8, 4) is 0 Å². The zero-order valence-electron chi connectivity index (χ0n) is 14.4. The zero-order valence-corrected chi connectivity index (χ0v) is 16.7. The van der Waals surface area contributed by atoms with Gasteiger partial charge in [0.2, 0.25) is 0 Å². The van der Waals surface area contributed by atoms with E-state index in [1.165, 1.54) is 22.7 Å². The van der Waals surface area contributed by atoms with Gasteiger partial charge in [0.15, 0.2) is 0 Å². The predicted molar refractivity (Wildman–Crippen MR) is 113 cm³/mol. The highest BCUT2D eigenvalue weighted by Crippen LogP contribution is 2.24. The number of rotatable bonds is 7. The van der Waals surface area contributed by atoms with Gasteiger partial charge >= 0.3 is 0 Å². The van der Waals surface area contributed by atoms with E-state index in [1.54, 1.807) is 41.3 Å². The van der Waals surface area contributed by atoms with E-state index in [0.717, 1.165) is 4.88 Å². The van der Waals surface area contributed by atoms with Crippen molar-refractivity contribution in [1.29, 1.82) is 0 Å². The minimum Gasteiger partial charge on any atom is -0.330 e. The Balaban J connectivity index is 1.75. The summed E-state index contributed by atoms with van der Waals surface area (Å²) in [7, 11) is 0. The molecule has 0 atom stereocenters. The molecule has 0 aliphatic carbocycles. The van der Waals surface area contributed by atoms with Gasteiger partial charge in [-0.3, -0.25) is 9.59 Å². The molecule has 0 fully saturated rings. The Kier molecular flexibility index (Phi) is 6.45. The van der Waals surface area contributed by atoms with Crippen LogP contribution in [-0.4, -0.2) is 23.3 Å². The average molecular weight is 417 g/mol. The Bertz CT molecular complexity index is 951. The fourth-order valence-corrected chi connectivity index (χ4v) is 4.24. The monoisotopic (exact) mass is 416 g/mol.